The summed E-state index contributed by atoms with van der Waals surface area (Å²) < 4.78 is 0. The largest absolute Gasteiger partial charge is 0.392 e. The second-order valence-corrected chi connectivity index (χ2v) is 8.19. The quantitative estimate of drug-likeness (QED) is 0.665. The van der Waals surface area contributed by atoms with Crippen molar-refractivity contribution < 1.29 is 14.7 Å². The van der Waals surface area contributed by atoms with Gasteiger partial charge in [0.2, 0.25) is 5.91 Å². The lowest BCUT2D eigenvalue weighted by atomic mass is 9.74. The van der Waals surface area contributed by atoms with E-state index < -0.39 is 11.5 Å². The molecule has 0 bridgehead atoms. The summed E-state index contributed by atoms with van der Waals surface area (Å²) in [7, 11) is 0. The van der Waals surface area contributed by atoms with Crippen molar-refractivity contribution in [2.24, 2.45) is 23.2 Å². The third-order valence-electron chi connectivity index (χ3n) is 5.20. The van der Waals surface area contributed by atoms with E-state index in [0.717, 1.165) is 25.7 Å². The monoisotopic (exact) mass is 337 g/mol. The Morgan fingerprint density at radius 1 is 1.21 bits per heavy atom. The van der Waals surface area contributed by atoms with Gasteiger partial charge in [0, 0.05) is 12.5 Å². The molecular formula is C20H35NO3. The van der Waals surface area contributed by atoms with Crippen LogP contribution in [0.3, 0.4) is 0 Å². The normalized spacial score (nSPS) is 35.2. The maximum atomic E-state index is 12.8. The van der Waals surface area contributed by atoms with Crippen molar-refractivity contribution in [2.75, 3.05) is 6.54 Å². The Kier molecular flexibility index (Phi) is 8.14. The number of amides is 1. The molecule has 1 rings (SSSR count). The zero-order valence-corrected chi connectivity index (χ0v) is 16.0. The van der Waals surface area contributed by atoms with E-state index in [1.54, 1.807) is 13.8 Å². The van der Waals surface area contributed by atoms with E-state index in [1.165, 1.54) is 0 Å². The molecule has 0 aliphatic carbocycles. The Morgan fingerprint density at radius 2 is 1.88 bits per heavy atom. The lowest BCUT2D eigenvalue weighted by molar-refractivity contribution is -0.139. The first-order valence-corrected chi connectivity index (χ1v) is 9.30. The molecule has 4 atom stereocenters. The maximum absolute atomic E-state index is 12.8. The Hall–Kier alpha value is -1.16. The van der Waals surface area contributed by atoms with E-state index in [4.69, 9.17) is 0 Å². The van der Waals surface area contributed by atoms with Crippen LogP contribution in [-0.2, 0) is 9.59 Å². The highest BCUT2D eigenvalue weighted by molar-refractivity contribution is 5.87. The standard InChI is InChI=1S/C20H35NO3/c1-14-9-7-6-8-10-15(2)13-21-18(23)12-17(22)20(4,5)19(24)16(3)11-14/h8,10,14-17,22H,6-7,9,11-13H2,1-5H3,(H,21,23)/b10-8-/t14?,15-,16?,17?/m0/s1. The van der Waals surface area contributed by atoms with Gasteiger partial charge in [-0.05, 0) is 31.1 Å². The molecule has 138 valence electrons. The summed E-state index contributed by atoms with van der Waals surface area (Å²) in [5.41, 5.74) is -0.904. The van der Waals surface area contributed by atoms with Gasteiger partial charge in [0.05, 0.1) is 17.9 Å². The lowest BCUT2D eigenvalue weighted by Crippen LogP contribution is -2.43. The molecule has 3 unspecified atom stereocenters. The van der Waals surface area contributed by atoms with E-state index in [-0.39, 0.29) is 29.9 Å². The van der Waals surface area contributed by atoms with Gasteiger partial charge in [0.25, 0.3) is 0 Å². The molecule has 0 aromatic rings. The number of ketones is 1. The first-order valence-electron chi connectivity index (χ1n) is 9.30. The summed E-state index contributed by atoms with van der Waals surface area (Å²) in [6.45, 7) is 10.3. The van der Waals surface area contributed by atoms with Crippen molar-refractivity contribution in [1.82, 2.24) is 5.32 Å². The molecule has 1 amide bonds. The van der Waals surface area contributed by atoms with Gasteiger partial charge in [-0.2, -0.15) is 0 Å². The fourth-order valence-electron chi connectivity index (χ4n) is 3.39. The molecule has 1 heterocycles. The number of aliphatic hydroxyl groups excluding tert-OH is 1. The van der Waals surface area contributed by atoms with Crippen LogP contribution in [0.1, 0.15) is 66.7 Å². The maximum Gasteiger partial charge on any atom is 0.222 e. The minimum Gasteiger partial charge on any atom is -0.392 e. The van der Waals surface area contributed by atoms with Crippen LogP contribution in [0.5, 0.6) is 0 Å². The zero-order valence-electron chi connectivity index (χ0n) is 16.0. The van der Waals surface area contributed by atoms with Crippen molar-refractivity contribution in [3.63, 3.8) is 0 Å². The van der Waals surface area contributed by atoms with Gasteiger partial charge in [0.1, 0.15) is 5.78 Å². The summed E-state index contributed by atoms with van der Waals surface area (Å²) in [5.74, 6) is 0.507. The minimum atomic E-state index is -0.957. The summed E-state index contributed by atoms with van der Waals surface area (Å²) in [4.78, 5) is 24.8. The van der Waals surface area contributed by atoms with Crippen LogP contribution in [0.4, 0.5) is 0 Å². The van der Waals surface area contributed by atoms with Gasteiger partial charge in [-0.1, -0.05) is 53.2 Å². The highest BCUT2D eigenvalue weighted by atomic mass is 16.3. The number of allylic oxidation sites excluding steroid dienone is 1. The Bertz CT molecular complexity index is 456. The van der Waals surface area contributed by atoms with Gasteiger partial charge in [-0.3, -0.25) is 9.59 Å². The number of aliphatic hydroxyl groups is 1. The third kappa shape index (κ3) is 6.39. The zero-order chi connectivity index (χ0) is 18.3. The summed E-state index contributed by atoms with van der Waals surface area (Å²) >= 11 is 0. The topological polar surface area (TPSA) is 66.4 Å². The first kappa shape index (κ1) is 20.9. The summed E-state index contributed by atoms with van der Waals surface area (Å²) in [5, 5.41) is 13.3. The Labute approximate surface area is 147 Å². The van der Waals surface area contributed by atoms with E-state index in [1.807, 2.05) is 6.92 Å². The van der Waals surface area contributed by atoms with Crippen LogP contribution in [-0.4, -0.2) is 29.4 Å². The number of carbonyl (C=O) groups excluding carboxylic acids is 2. The van der Waals surface area contributed by atoms with Crippen molar-refractivity contribution in [3.8, 4) is 0 Å². The lowest BCUT2D eigenvalue weighted by Gasteiger charge is -2.32. The average Bonchev–Trinajstić information content (AvgIpc) is 2.50. The molecule has 0 aromatic heterocycles. The molecule has 4 heteroatoms. The smallest absolute Gasteiger partial charge is 0.222 e. The van der Waals surface area contributed by atoms with Gasteiger partial charge in [0.15, 0.2) is 0 Å². The molecule has 1 aliphatic rings. The Balaban J connectivity index is 2.87. The molecule has 0 saturated carbocycles. The van der Waals surface area contributed by atoms with E-state index >= 15 is 0 Å². The number of hydrogen-bond donors (Lipinski definition) is 2. The van der Waals surface area contributed by atoms with Gasteiger partial charge < -0.3 is 10.4 Å². The molecule has 0 fully saturated rings. The number of rotatable bonds is 0. The predicted octanol–water partition coefficient (Wildman–Crippen LogP) is 3.49. The van der Waals surface area contributed by atoms with Crippen molar-refractivity contribution in [3.05, 3.63) is 12.2 Å². The van der Waals surface area contributed by atoms with E-state index in [0.29, 0.717) is 12.5 Å². The van der Waals surface area contributed by atoms with Crippen LogP contribution < -0.4 is 5.32 Å². The molecular weight excluding hydrogens is 302 g/mol. The molecule has 2 N–H and O–H groups in total. The number of carbonyl (C=O) groups is 2. The van der Waals surface area contributed by atoms with Crippen LogP contribution >= 0.6 is 0 Å². The summed E-state index contributed by atoms with van der Waals surface area (Å²) in [6, 6.07) is 0. The number of nitrogens with one attached hydrogen (secondary N) is 1. The molecule has 1 aliphatic heterocycles. The first-order chi connectivity index (χ1) is 11.1. The van der Waals surface area contributed by atoms with Gasteiger partial charge in [-0.25, -0.2) is 0 Å². The summed E-state index contributed by atoms with van der Waals surface area (Å²) in [6.07, 6.45) is 7.43. The second-order valence-electron chi connectivity index (χ2n) is 8.19. The molecule has 24 heavy (non-hydrogen) atoms. The van der Waals surface area contributed by atoms with Crippen LogP contribution in [0, 0.1) is 23.2 Å². The fourth-order valence-corrected chi connectivity index (χ4v) is 3.39. The SMILES string of the molecule is CC1CCC/C=C\[C@H](C)CNC(=O)CC(O)C(C)(C)C(=O)C(C)C1. The average molecular weight is 338 g/mol. The van der Waals surface area contributed by atoms with E-state index in [2.05, 4.69) is 31.3 Å². The Morgan fingerprint density at radius 3 is 2.54 bits per heavy atom. The predicted molar refractivity (Wildman–Crippen MR) is 97.5 cm³/mol. The van der Waals surface area contributed by atoms with Crippen molar-refractivity contribution >= 4 is 11.7 Å². The van der Waals surface area contributed by atoms with Crippen molar-refractivity contribution in [1.29, 1.82) is 0 Å². The number of hydrogen-bond acceptors (Lipinski definition) is 3. The van der Waals surface area contributed by atoms with Gasteiger partial charge >= 0.3 is 0 Å². The molecule has 0 saturated heterocycles. The fraction of sp³-hybridized carbons (Fsp3) is 0.800. The molecule has 0 spiro atoms. The van der Waals surface area contributed by atoms with E-state index in [9.17, 15) is 14.7 Å². The van der Waals surface area contributed by atoms with Crippen LogP contribution in [0.2, 0.25) is 0 Å². The molecule has 0 radical (unpaired) electrons. The van der Waals surface area contributed by atoms with Crippen molar-refractivity contribution in [2.45, 2.75) is 72.8 Å². The minimum absolute atomic E-state index is 0.0303. The highest BCUT2D eigenvalue weighted by Gasteiger charge is 2.39. The molecule has 4 nitrogen and oxygen atoms in total. The highest BCUT2D eigenvalue weighted by Crippen LogP contribution is 2.31. The van der Waals surface area contributed by atoms with Crippen LogP contribution in [0.15, 0.2) is 12.2 Å². The second kappa shape index (κ2) is 9.36. The van der Waals surface area contributed by atoms with Crippen LogP contribution in [0.25, 0.3) is 0 Å². The number of Topliss-reactive ketones (excluding diaryl/α,β-unsaturated/α-hetero) is 1. The van der Waals surface area contributed by atoms with Gasteiger partial charge in [-0.15, -0.1) is 0 Å². The molecule has 0 aromatic carbocycles. The third-order valence-corrected chi connectivity index (χ3v) is 5.20.